The Kier molecular flexibility index (Phi) is 38.1. The van der Waals surface area contributed by atoms with Gasteiger partial charge in [0.05, 0.1) is 25.4 Å². The number of aliphatic hydroxyl groups excluding tert-OH is 2. The lowest BCUT2D eigenvalue weighted by molar-refractivity contribution is -0.161. The molecule has 0 amide bonds. The van der Waals surface area contributed by atoms with Crippen molar-refractivity contribution in [2.75, 3.05) is 26.4 Å². The van der Waals surface area contributed by atoms with Crippen LogP contribution in [0, 0.1) is 0 Å². The quantitative estimate of drug-likeness (QED) is 0.0155. The molecule has 0 fully saturated rings. The molecule has 0 aromatic heterocycles. The third-order valence-electron chi connectivity index (χ3n) is 7.71. The topological polar surface area (TPSA) is 175 Å². The average Bonchev–Trinajstić information content (AvgIpc) is 3.21. The van der Waals surface area contributed by atoms with Gasteiger partial charge in [-0.1, -0.05) is 148 Å². The summed E-state index contributed by atoms with van der Waals surface area (Å²) in [5, 5.41) is 20.0. The lowest BCUT2D eigenvalue weighted by Gasteiger charge is -2.19. The van der Waals surface area contributed by atoms with E-state index >= 15 is 0 Å². The van der Waals surface area contributed by atoms with Gasteiger partial charge >= 0.3 is 19.8 Å². The fourth-order valence-electron chi connectivity index (χ4n) is 4.64. The molecule has 0 saturated carbocycles. The van der Waals surface area contributed by atoms with Crippen molar-refractivity contribution < 1.29 is 47.8 Å². The van der Waals surface area contributed by atoms with E-state index in [2.05, 4.69) is 62.5 Å². The average molecular weight is 842 g/mol. The summed E-state index contributed by atoms with van der Waals surface area (Å²) >= 11 is 0. The summed E-state index contributed by atoms with van der Waals surface area (Å²) in [4.78, 5) is 34.8. The number of aliphatic hydroxyl groups is 2. The number of rotatable bonds is 36. The molecule has 1 unspecified atom stereocenters. The van der Waals surface area contributed by atoms with Gasteiger partial charge in [-0.2, -0.15) is 0 Å². The molecule has 11 nitrogen and oxygen atoms in total. The van der Waals surface area contributed by atoms with Crippen LogP contribution in [0.2, 0.25) is 0 Å². The highest BCUT2D eigenvalue weighted by Crippen LogP contribution is 2.43. The van der Waals surface area contributed by atoms with Crippen LogP contribution in [0.25, 0.3) is 0 Å². The van der Waals surface area contributed by atoms with Gasteiger partial charge in [0.2, 0.25) is 0 Å². The normalized spacial score (nSPS) is 15.7. The number of nitrogens with two attached hydrogens (primary N) is 1. The molecule has 0 aromatic carbocycles. The van der Waals surface area contributed by atoms with Gasteiger partial charge in [-0.15, -0.1) is 0 Å². The Hall–Kier alpha value is -3.93. The van der Waals surface area contributed by atoms with Crippen LogP contribution in [0.4, 0.5) is 0 Å². The van der Waals surface area contributed by atoms with Gasteiger partial charge < -0.3 is 30.3 Å². The van der Waals surface area contributed by atoms with Crippen molar-refractivity contribution in [3.8, 4) is 0 Å². The molecule has 0 heterocycles. The fraction of sp³-hybridized carbons (Fsp3) is 0.489. The highest BCUT2D eigenvalue weighted by atomic mass is 31.2. The summed E-state index contributed by atoms with van der Waals surface area (Å²) in [6, 6.07) is 0. The van der Waals surface area contributed by atoms with E-state index in [4.69, 9.17) is 24.3 Å². The molecule has 5 N–H and O–H groups in total. The molecular formula is C47H72NO10P. The first-order chi connectivity index (χ1) is 28.6. The van der Waals surface area contributed by atoms with E-state index in [-0.39, 0.29) is 32.6 Å². The summed E-state index contributed by atoms with van der Waals surface area (Å²) in [6.45, 7) is 3.09. The highest BCUT2D eigenvalue weighted by Gasteiger charge is 2.25. The molecule has 0 aromatic rings. The molecule has 4 atom stereocenters. The molecule has 59 heavy (non-hydrogen) atoms. The van der Waals surface area contributed by atoms with E-state index < -0.39 is 44.7 Å². The molecule has 0 rings (SSSR count). The zero-order valence-electron chi connectivity index (χ0n) is 35.4. The van der Waals surface area contributed by atoms with E-state index in [0.29, 0.717) is 38.5 Å². The van der Waals surface area contributed by atoms with Crippen LogP contribution < -0.4 is 5.73 Å². The lowest BCUT2D eigenvalue weighted by atomic mass is 10.2. The predicted molar refractivity (Wildman–Crippen MR) is 240 cm³/mol. The highest BCUT2D eigenvalue weighted by molar-refractivity contribution is 7.47. The Morgan fingerprint density at radius 2 is 1.14 bits per heavy atom. The van der Waals surface area contributed by atoms with Crippen LogP contribution in [0.1, 0.15) is 104 Å². The number of unbranched alkanes of at least 4 members (excludes halogenated alkanes) is 2. The zero-order chi connectivity index (χ0) is 43.5. The summed E-state index contributed by atoms with van der Waals surface area (Å²) in [6.07, 6.45) is 50.0. The first kappa shape index (κ1) is 55.1. The molecule has 12 heteroatoms. The van der Waals surface area contributed by atoms with Crippen molar-refractivity contribution in [3.63, 3.8) is 0 Å². The van der Waals surface area contributed by atoms with Crippen LogP contribution in [0.5, 0.6) is 0 Å². The Morgan fingerprint density at radius 1 is 0.610 bits per heavy atom. The third-order valence-corrected chi connectivity index (χ3v) is 8.69. The maximum atomic E-state index is 12.6. The van der Waals surface area contributed by atoms with E-state index in [9.17, 15) is 29.3 Å². The third kappa shape index (κ3) is 40.6. The predicted octanol–water partition coefficient (Wildman–Crippen LogP) is 9.87. The number of phosphoric acid groups is 1. The molecule has 0 aliphatic rings. The fourth-order valence-corrected chi connectivity index (χ4v) is 5.41. The van der Waals surface area contributed by atoms with Crippen molar-refractivity contribution in [2.24, 2.45) is 5.73 Å². The molecule has 0 saturated heterocycles. The van der Waals surface area contributed by atoms with Crippen LogP contribution >= 0.6 is 7.82 Å². The van der Waals surface area contributed by atoms with Crippen LogP contribution in [-0.2, 0) is 32.7 Å². The lowest BCUT2D eigenvalue weighted by Crippen LogP contribution is -2.29. The number of hydrogen-bond acceptors (Lipinski definition) is 10. The number of carbonyl (C=O) groups is 2. The first-order valence-electron chi connectivity index (χ1n) is 20.9. The van der Waals surface area contributed by atoms with E-state index in [1.54, 1.807) is 30.4 Å². The van der Waals surface area contributed by atoms with Gasteiger partial charge in [0.1, 0.15) is 6.61 Å². The molecule has 0 aliphatic carbocycles. The maximum Gasteiger partial charge on any atom is 0.472 e. The monoisotopic (exact) mass is 841 g/mol. The standard InChI is InChI=1S/C47H72NO10P/c1-3-5-7-8-9-10-11-12-13-14-15-16-17-18-22-25-31-38-47(52)58-45(42-57-59(53,54)56-40-39-48)41-55-46(51)37-32-26-30-36-44(50)35-29-24-21-19-20-23-28-34-43(49)33-27-6-4-2/h5-7,9-10,12-13,15-16,18,20-24,27-30,34-36,43-45,49-50H,3-4,8,11,14,17,19,25-26,31-33,37-42,48H2,1-2H3,(H,53,54)/b7-5-,10-9-,13-12-,16-15-,22-18-,23-20-,24-21-,27-6-,34-28+,35-29+,36-30-/t43-,44-,45-/m1/s1. The van der Waals surface area contributed by atoms with Crippen molar-refractivity contribution in [2.45, 2.75) is 122 Å². The second-order valence-corrected chi connectivity index (χ2v) is 14.6. The Bertz CT molecular complexity index is 1450. The second-order valence-electron chi connectivity index (χ2n) is 13.1. The van der Waals surface area contributed by atoms with Gasteiger partial charge in [0, 0.05) is 19.4 Å². The number of ether oxygens (including phenoxy) is 2. The van der Waals surface area contributed by atoms with Gasteiger partial charge in [-0.25, -0.2) is 4.57 Å². The Morgan fingerprint density at radius 3 is 1.75 bits per heavy atom. The summed E-state index contributed by atoms with van der Waals surface area (Å²) in [5.41, 5.74) is 5.33. The van der Waals surface area contributed by atoms with Crippen molar-refractivity contribution in [1.29, 1.82) is 0 Å². The minimum Gasteiger partial charge on any atom is -0.462 e. The zero-order valence-corrected chi connectivity index (χ0v) is 36.3. The number of phosphoric ester groups is 1. The van der Waals surface area contributed by atoms with E-state index in [0.717, 1.165) is 38.5 Å². The van der Waals surface area contributed by atoms with E-state index in [1.807, 2.05) is 54.7 Å². The SMILES string of the molecule is CC/C=C\C/C=C\C/C=C\C/C=C\C/C=C\CCCC(=O)O[C@H](COC(=O)CCC/C=C\[C@H](O)/C=C/C=C\C/C=C\C=C\[C@H](O)C/C=C\CC)COP(=O)(O)OCCN. The first-order valence-corrected chi connectivity index (χ1v) is 22.4. The molecule has 0 aliphatic heterocycles. The van der Waals surface area contributed by atoms with Crippen molar-refractivity contribution >= 4 is 19.8 Å². The van der Waals surface area contributed by atoms with Gasteiger partial charge in [0.15, 0.2) is 6.10 Å². The van der Waals surface area contributed by atoms with Gasteiger partial charge in [-0.3, -0.25) is 18.6 Å². The molecule has 0 radical (unpaired) electrons. The Labute approximate surface area is 354 Å². The van der Waals surface area contributed by atoms with Gasteiger partial charge in [-0.05, 0) is 77.0 Å². The summed E-state index contributed by atoms with van der Waals surface area (Å²) in [5.74, 6) is -1.10. The molecule has 330 valence electrons. The molecular weight excluding hydrogens is 769 g/mol. The minimum atomic E-state index is -4.45. The minimum absolute atomic E-state index is 0.00655. The Balaban J connectivity index is 4.55. The van der Waals surface area contributed by atoms with Crippen molar-refractivity contribution in [3.05, 3.63) is 134 Å². The molecule has 0 bridgehead atoms. The second kappa shape index (κ2) is 40.8. The smallest absolute Gasteiger partial charge is 0.462 e. The number of hydrogen-bond donors (Lipinski definition) is 4. The summed E-state index contributed by atoms with van der Waals surface area (Å²) < 4.78 is 32.5. The summed E-state index contributed by atoms with van der Waals surface area (Å²) in [7, 11) is -4.45. The maximum absolute atomic E-state index is 12.6. The molecule has 0 spiro atoms. The number of esters is 2. The van der Waals surface area contributed by atoms with Crippen LogP contribution in [-0.4, -0.2) is 71.7 Å². The number of allylic oxidation sites excluding steroid dienone is 18. The van der Waals surface area contributed by atoms with E-state index in [1.165, 1.54) is 0 Å². The number of carbonyl (C=O) groups excluding carboxylic acids is 2. The van der Waals surface area contributed by atoms with Crippen molar-refractivity contribution in [1.82, 2.24) is 0 Å². The largest absolute Gasteiger partial charge is 0.472 e. The van der Waals surface area contributed by atoms with Crippen LogP contribution in [0.15, 0.2) is 134 Å². The van der Waals surface area contributed by atoms with Crippen LogP contribution in [0.3, 0.4) is 0 Å². The van der Waals surface area contributed by atoms with Gasteiger partial charge in [0.25, 0.3) is 0 Å².